The fourth-order valence-corrected chi connectivity index (χ4v) is 0.748. The van der Waals surface area contributed by atoms with Gasteiger partial charge >= 0.3 is 6.03 Å². The molecule has 2 atom stereocenters. The second kappa shape index (κ2) is 4.37. The Morgan fingerprint density at radius 2 is 2.30 bits per heavy atom. The van der Waals surface area contributed by atoms with E-state index in [1.165, 1.54) is 6.92 Å². The average molecular weight is 165 g/mol. The molecule has 0 aromatic rings. The Labute approximate surface area is 64.4 Å². The first-order valence-corrected chi connectivity index (χ1v) is 3.22. The minimum Gasteiger partial charge on any atom is -0.379 e. The van der Waals surface area contributed by atoms with E-state index in [0.717, 1.165) is 0 Å². The van der Waals surface area contributed by atoms with E-state index < -0.39 is 17.8 Å². The highest BCUT2D eigenvalue weighted by Crippen LogP contribution is 1.84. The minimum absolute atomic E-state index is 0.613. The molecule has 0 spiro atoms. The van der Waals surface area contributed by atoms with Gasteiger partial charge in [0.2, 0.25) is 0 Å². The lowest BCUT2D eigenvalue weighted by Gasteiger charge is -2.14. The topological polar surface area (TPSA) is 87.4 Å². The van der Waals surface area contributed by atoms with Crippen molar-refractivity contribution in [2.24, 2.45) is 5.73 Å². The summed E-state index contributed by atoms with van der Waals surface area (Å²) in [4.78, 5) is 10.1. The highest BCUT2D eigenvalue weighted by Gasteiger charge is 2.04. The number of nitrogens with one attached hydrogen (secondary N) is 2. The first kappa shape index (κ1) is 9.54. The number of primary amides is 1. The van der Waals surface area contributed by atoms with Crippen LogP contribution in [0.1, 0.15) is 6.92 Å². The summed E-state index contributed by atoms with van der Waals surface area (Å²) in [5.74, 6) is 0. The SMILES string of the molecule is CC(O)NC(S)NC(N)=O. The van der Waals surface area contributed by atoms with Crippen LogP contribution in [0.5, 0.6) is 0 Å². The molecule has 0 heterocycles. The zero-order valence-corrected chi connectivity index (χ0v) is 6.43. The molecule has 0 aliphatic heterocycles. The molecule has 6 heteroatoms. The Bertz CT molecular complexity index is 119. The van der Waals surface area contributed by atoms with Gasteiger partial charge in [0.05, 0.1) is 0 Å². The molecule has 0 aliphatic carbocycles. The third kappa shape index (κ3) is 5.67. The van der Waals surface area contributed by atoms with Crippen LogP contribution in [-0.2, 0) is 0 Å². The van der Waals surface area contributed by atoms with Gasteiger partial charge in [-0.1, -0.05) is 0 Å². The van der Waals surface area contributed by atoms with Crippen LogP contribution in [0.25, 0.3) is 0 Å². The summed E-state index contributed by atoms with van der Waals surface area (Å²) in [6.07, 6.45) is -0.727. The quantitative estimate of drug-likeness (QED) is 0.269. The second-order valence-electron chi connectivity index (χ2n) is 1.75. The van der Waals surface area contributed by atoms with Crippen molar-refractivity contribution < 1.29 is 9.90 Å². The van der Waals surface area contributed by atoms with Crippen LogP contribution in [0.4, 0.5) is 4.79 Å². The summed E-state index contributed by atoms with van der Waals surface area (Å²) in [5, 5.41) is 13.4. The van der Waals surface area contributed by atoms with E-state index in [2.05, 4.69) is 23.3 Å². The molecule has 10 heavy (non-hydrogen) atoms. The van der Waals surface area contributed by atoms with Gasteiger partial charge in [-0.25, -0.2) is 4.79 Å². The van der Waals surface area contributed by atoms with E-state index in [9.17, 15) is 4.79 Å². The summed E-state index contributed by atoms with van der Waals surface area (Å²) < 4.78 is 0. The van der Waals surface area contributed by atoms with Gasteiger partial charge in [-0.2, -0.15) is 0 Å². The predicted molar refractivity (Wildman–Crippen MR) is 40.3 cm³/mol. The van der Waals surface area contributed by atoms with Crippen molar-refractivity contribution >= 4 is 18.7 Å². The molecule has 0 saturated heterocycles. The van der Waals surface area contributed by atoms with Crippen molar-refractivity contribution in [3.05, 3.63) is 0 Å². The molecule has 60 valence electrons. The van der Waals surface area contributed by atoms with Gasteiger partial charge in [0.1, 0.15) is 11.7 Å². The maximum atomic E-state index is 10.1. The molecule has 5 N–H and O–H groups in total. The molecule has 0 rings (SSSR count). The van der Waals surface area contributed by atoms with E-state index in [1.54, 1.807) is 0 Å². The van der Waals surface area contributed by atoms with E-state index in [1.807, 2.05) is 0 Å². The molecule has 2 amide bonds. The molecule has 0 fully saturated rings. The van der Waals surface area contributed by atoms with Crippen molar-refractivity contribution in [2.45, 2.75) is 18.6 Å². The van der Waals surface area contributed by atoms with Crippen LogP contribution in [0.3, 0.4) is 0 Å². The summed E-state index contributed by atoms with van der Waals surface area (Å²) in [6, 6.07) is -0.687. The summed E-state index contributed by atoms with van der Waals surface area (Å²) in [7, 11) is 0. The average Bonchev–Trinajstić information content (AvgIpc) is 1.58. The first-order chi connectivity index (χ1) is 4.52. The van der Waals surface area contributed by atoms with E-state index >= 15 is 0 Å². The van der Waals surface area contributed by atoms with Gasteiger partial charge in [-0.15, -0.1) is 12.6 Å². The molecular weight excluding hydrogens is 154 g/mol. The van der Waals surface area contributed by atoms with E-state index in [-0.39, 0.29) is 0 Å². The number of thiol groups is 1. The third-order valence-electron chi connectivity index (χ3n) is 0.678. The van der Waals surface area contributed by atoms with Gasteiger partial charge < -0.3 is 16.2 Å². The van der Waals surface area contributed by atoms with Crippen molar-refractivity contribution in [3.8, 4) is 0 Å². The predicted octanol–water partition coefficient (Wildman–Crippen LogP) is -1.20. The molecule has 5 nitrogen and oxygen atoms in total. The number of aliphatic hydroxyl groups excluding tert-OH is 1. The molecule has 0 aromatic carbocycles. The monoisotopic (exact) mass is 165 g/mol. The van der Waals surface area contributed by atoms with Crippen LogP contribution >= 0.6 is 12.6 Å². The van der Waals surface area contributed by atoms with Crippen molar-refractivity contribution in [3.63, 3.8) is 0 Å². The summed E-state index contributed by atoms with van der Waals surface area (Å²) in [5.41, 5.74) is 4.14. The summed E-state index contributed by atoms with van der Waals surface area (Å²) in [6.45, 7) is 1.51. The van der Waals surface area contributed by atoms with Crippen LogP contribution < -0.4 is 16.4 Å². The molecule has 0 aliphatic rings. The lowest BCUT2D eigenvalue weighted by Crippen LogP contribution is -2.47. The highest BCUT2D eigenvalue weighted by atomic mass is 32.1. The number of nitrogens with two attached hydrogens (primary N) is 1. The lowest BCUT2D eigenvalue weighted by molar-refractivity contribution is 0.149. The molecule has 0 bridgehead atoms. The fourth-order valence-electron chi connectivity index (χ4n) is 0.405. The van der Waals surface area contributed by atoms with Crippen LogP contribution in [0.2, 0.25) is 0 Å². The molecular formula is C4H11N3O2S. The Hall–Kier alpha value is -0.460. The number of aliphatic hydroxyl groups is 1. The Morgan fingerprint density at radius 1 is 1.80 bits per heavy atom. The number of amides is 2. The molecule has 0 radical (unpaired) electrons. The largest absolute Gasteiger partial charge is 0.379 e. The van der Waals surface area contributed by atoms with Crippen molar-refractivity contribution in [2.75, 3.05) is 0 Å². The Balaban J connectivity index is 3.43. The van der Waals surface area contributed by atoms with Gasteiger partial charge in [0.25, 0.3) is 0 Å². The van der Waals surface area contributed by atoms with Crippen molar-refractivity contribution in [1.82, 2.24) is 10.6 Å². The lowest BCUT2D eigenvalue weighted by atomic mass is 10.6. The summed E-state index contributed by atoms with van der Waals surface area (Å²) >= 11 is 3.83. The van der Waals surface area contributed by atoms with Crippen LogP contribution in [0.15, 0.2) is 0 Å². The molecule has 0 saturated carbocycles. The normalized spacial score (nSPS) is 15.9. The highest BCUT2D eigenvalue weighted by molar-refractivity contribution is 7.80. The number of hydrogen-bond acceptors (Lipinski definition) is 4. The maximum Gasteiger partial charge on any atom is 0.314 e. The number of carbonyl (C=O) groups excluding carboxylic acids is 1. The number of carbonyl (C=O) groups is 1. The first-order valence-electron chi connectivity index (χ1n) is 2.70. The van der Waals surface area contributed by atoms with Crippen molar-refractivity contribution in [1.29, 1.82) is 0 Å². The van der Waals surface area contributed by atoms with Gasteiger partial charge in [0.15, 0.2) is 0 Å². The number of hydrogen-bond donors (Lipinski definition) is 5. The van der Waals surface area contributed by atoms with E-state index in [4.69, 9.17) is 10.8 Å². The standard InChI is InChI=1S/C4H11N3O2S/c1-2(8)6-4(10)7-3(5)9/h2,4,6,8,10H,1H3,(H3,5,7,9). The van der Waals surface area contributed by atoms with Crippen LogP contribution in [0, 0.1) is 0 Å². The Kier molecular flexibility index (Phi) is 4.17. The zero-order valence-electron chi connectivity index (χ0n) is 5.53. The zero-order chi connectivity index (χ0) is 8.15. The van der Waals surface area contributed by atoms with Crippen LogP contribution in [-0.4, -0.2) is 22.9 Å². The van der Waals surface area contributed by atoms with Gasteiger partial charge in [0, 0.05) is 0 Å². The molecule has 0 aromatic heterocycles. The van der Waals surface area contributed by atoms with Gasteiger partial charge in [-0.3, -0.25) is 5.32 Å². The smallest absolute Gasteiger partial charge is 0.314 e. The maximum absolute atomic E-state index is 10.1. The third-order valence-corrected chi connectivity index (χ3v) is 0.956. The minimum atomic E-state index is -0.727. The van der Waals surface area contributed by atoms with E-state index in [0.29, 0.717) is 0 Å². The number of urea groups is 1. The number of rotatable bonds is 3. The Morgan fingerprint density at radius 3 is 2.60 bits per heavy atom. The second-order valence-corrected chi connectivity index (χ2v) is 2.27. The van der Waals surface area contributed by atoms with Gasteiger partial charge in [-0.05, 0) is 6.92 Å². The fraction of sp³-hybridized carbons (Fsp3) is 0.750. The molecule has 2 unspecified atom stereocenters.